The van der Waals surface area contributed by atoms with Gasteiger partial charge in [0, 0.05) is 0 Å². The molecule has 4 saturated carbocycles. The number of carboxylic acid groups (broad SMARTS) is 1. The first-order valence-electron chi connectivity index (χ1n) is 16.5. The molecule has 6 rings (SSSR count). The molecule has 0 amide bonds. The highest BCUT2D eigenvalue weighted by Gasteiger charge is 2.69. The van der Waals surface area contributed by atoms with Crippen LogP contribution in [0.25, 0.3) is 0 Å². The van der Waals surface area contributed by atoms with Gasteiger partial charge in [-0.1, -0.05) is 19.9 Å². The van der Waals surface area contributed by atoms with Crippen LogP contribution in [0.4, 0.5) is 0 Å². The number of fused-ring (bicyclic) bond motifs is 3. The van der Waals surface area contributed by atoms with E-state index >= 15 is 0 Å². The van der Waals surface area contributed by atoms with E-state index in [1.807, 2.05) is 6.92 Å². The molecule has 0 aromatic carbocycles. The van der Waals surface area contributed by atoms with Gasteiger partial charge in [0.1, 0.15) is 54.4 Å². The maximum atomic E-state index is 12.5. The fourth-order valence-corrected chi connectivity index (χ4v) is 10.5. The van der Waals surface area contributed by atoms with E-state index in [0.29, 0.717) is 25.7 Å². The summed E-state index contributed by atoms with van der Waals surface area (Å²) in [7, 11) is 0. The van der Waals surface area contributed by atoms with Gasteiger partial charge in [0.2, 0.25) is 6.29 Å². The number of hydrogen-bond donors (Lipinski definition) is 8. The van der Waals surface area contributed by atoms with Crippen molar-refractivity contribution in [2.45, 2.75) is 139 Å². The van der Waals surface area contributed by atoms with Gasteiger partial charge in [0.15, 0.2) is 6.29 Å². The molecule has 2 heterocycles. The van der Waals surface area contributed by atoms with Crippen LogP contribution in [-0.4, -0.2) is 127 Å². The molecule has 2 saturated heterocycles. The van der Waals surface area contributed by atoms with Gasteiger partial charge in [-0.05, 0) is 86.5 Å². The number of carbonyl (C=O) groups is 1. The second-order valence-corrected chi connectivity index (χ2v) is 15.3. The van der Waals surface area contributed by atoms with Crippen LogP contribution in [0.2, 0.25) is 0 Å². The van der Waals surface area contributed by atoms with Crippen molar-refractivity contribution >= 4 is 5.97 Å². The van der Waals surface area contributed by atoms with Crippen LogP contribution >= 0.6 is 0 Å². The molecule has 12 unspecified atom stereocenters. The summed E-state index contributed by atoms with van der Waals surface area (Å²) in [4.78, 5) is 24.5. The van der Waals surface area contributed by atoms with Crippen molar-refractivity contribution in [3.05, 3.63) is 12.2 Å². The molecule has 0 aromatic rings. The molecule has 14 heteroatoms. The largest absolute Gasteiger partial charge is 0.481 e. The van der Waals surface area contributed by atoms with E-state index in [1.165, 1.54) is 0 Å². The summed E-state index contributed by atoms with van der Waals surface area (Å²) in [5.74, 6) is -0.379. The van der Waals surface area contributed by atoms with E-state index < -0.39 is 91.6 Å². The first-order valence-corrected chi connectivity index (χ1v) is 16.5. The minimum atomic E-state index is -1.79. The Labute approximate surface area is 267 Å². The number of aliphatic hydroxyl groups is 7. The summed E-state index contributed by atoms with van der Waals surface area (Å²) in [6, 6.07) is 0. The first kappa shape index (κ1) is 34.6. The minimum Gasteiger partial charge on any atom is -0.481 e. The lowest BCUT2D eigenvalue weighted by atomic mass is 9.41. The van der Waals surface area contributed by atoms with Crippen LogP contribution < -0.4 is 0 Å². The number of ether oxygens (including phenoxy) is 3. The Kier molecular flexibility index (Phi) is 9.21. The standard InChI is InChI=1S/C32H50O14/c1-15-11-31-9-5-18-29(2,7-4-8-30(18,3)28(40)41)19(31)6-10-32(15,14-31)46-45-27-25(23(38)21(36)17(13-34)43-27)44-26-24(39)22(37)20(35)16(12-33)42-26/h16-27,33-39H,1,4-14H2,2-3H3,(H,40,41)/t16?,17?,18?,19?,20?,21?,22?,23?,24?,25?,26?,27?,29-,30-,31-,32+/m1/s1. The molecule has 2 aliphatic heterocycles. The topological polar surface area (TPSA) is 225 Å². The Morgan fingerprint density at radius 2 is 1.48 bits per heavy atom. The Morgan fingerprint density at radius 1 is 0.848 bits per heavy atom. The highest BCUT2D eigenvalue weighted by Crippen LogP contribution is 2.73. The van der Waals surface area contributed by atoms with Gasteiger partial charge in [-0.3, -0.25) is 4.79 Å². The second-order valence-electron chi connectivity index (χ2n) is 15.3. The minimum absolute atomic E-state index is 0.0692. The molecule has 6 aliphatic rings. The molecule has 1 spiro atoms. The van der Waals surface area contributed by atoms with E-state index in [2.05, 4.69) is 13.5 Å². The molecule has 0 radical (unpaired) electrons. The third-order valence-corrected chi connectivity index (χ3v) is 12.9. The maximum absolute atomic E-state index is 12.5. The normalized spacial score (nSPS) is 53.8. The number of rotatable bonds is 8. The van der Waals surface area contributed by atoms with Gasteiger partial charge in [-0.2, -0.15) is 0 Å². The van der Waals surface area contributed by atoms with Crippen LogP contribution in [0.1, 0.15) is 71.6 Å². The van der Waals surface area contributed by atoms with Crippen molar-refractivity contribution < 1.29 is 69.6 Å². The fourth-order valence-electron chi connectivity index (χ4n) is 10.5. The molecule has 14 nitrogen and oxygen atoms in total. The lowest BCUT2D eigenvalue weighted by molar-refractivity contribution is -0.467. The van der Waals surface area contributed by atoms with Gasteiger partial charge >= 0.3 is 5.97 Å². The molecule has 46 heavy (non-hydrogen) atoms. The monoisotopic (exact) mass is 658 g/mol. The Bertz CT molecular complexity index is 1170. The van der Waals surface area contributed by atoms with Gasteiger partial charge < -0.3 is 55.1 Å². The number of aliphatic carboxylic acids is 1. The molecule has 16 atom stereocenters. The number of carboxylic acids is 1. The highest BCUT2D eigenvalue weighted by molar-refractivity contribution is 5.75. The Morgan fingerprint density at radius 3 is 2.13 bits per heavy atom. The van der Waals surface area contributed by atoms with Gasteiger partial charge in [-0.25, -0.2) is 9.78 Å². The zero-order valence-corrected chi connectivity index (χ0v) is 26.4. The lowest BCUT2D eigenvalue weighted by Gasteiger charge is -2.63. The van der Waals surface area contributed by atoms with Gasteiger partial charge in [-0.15, -0.1) is 0 Å². The van der Waals surface area contributed by atoms with Crippen LogP contribution in [0.15, 0.2) is 12.2 Å². The van der Waals surface area contributed by atoms with Crippen molar-refractivity contribution in [3.63, 3.8) is 0 Å². The van der Waals surface area contributed by atoms with Crippen molar-refractivity contribution in [2.24, 2.45) is 28.1 Å². The van der Waals surface area contributed by atoms with Crippen molar-refractivity contribution in [2.75, 3.05) is 13.2 Å². The lowest BCUT2D eigenvalue weighted by Crippen LogP contribution is -2.65. The van der Waals surface area contributed by atoms with E-state index in [9.17, 15) is 45.6 Å². The van der Waals surface area contributed by atoms with E-state index in [0.717, 1.165) is 37.7 Å². The van der Waals surface area contributed by atoms with Crippen molar-refractivity contribution in [1.29, 1.82) is 0 Å². The third-order valence-electron chi connectivity index (χ3n) is 12.9. The third kappa shape index (κ3) is 5.19. The molecule has 0 aromatic heterocycles. The summed E-state index contributed by atoms with van der Waals surface area (Å²) >= 11 is 0. The Hall–Kier alpha value is -1.27. The Balaban J connectivity index is 1.20. The van der Waals surface area contributed by atoms with Crippen LogP contribution in [0.3, 0.4) is 0 Å². The van der Waals surface area contributed by atoms with Crippen molar-refractivity contribution in [3.8, 4) is 0 Å². The van der Waals surface area contributed by atoms with Gasteiger partial charge in [0.05, 0.1) is 18.6 Å². The number of aliphatic hydroxyl groups excluding tert-OH is 7. The average Bonchev–Trinajstić information content (AvgIpc) is 3.22. The zero-order chi connectivity index (χ0) is 33.4. The van der Waals surface area contributed by atoms with Crippen molar-refractivity contribution in [1.82, 2.24) is 0 Å². The molecular weight excluding hydrogens is 608 g/mol. The molecule has 4 aliphatic carbocycles. The summed E-state index contributed by atoms with van der Waals surface area (Å²) in [5.41, 5.74) is -1.12. The van der Waals surface area contributed by atoms with E-state index in [4.69, 9.17) is 24.0 Å². The molecule has 2 bridgehead atoms. The molecule has 8 N–H and O–H groups in total. The predicted octanol–water partition coefficient (Wildman–Crippen LogP) is -0.265. The maximum Gasteiger partial charge on any atom is 0.309 e. The van der Waals surface area contributed by atoms with E-state index in [-0.39, 0.29) is 22.7 Å². The average molecular weight is 659 g/mol. The quantitative estimate of drug-likeness (QED) is 0.0956. The smallest absolute Gasteiger partial charge is 0.309 e. The highest BCUT2D eigenvalue weighted by atomic mass is 17.2. The summed E-state index contributed by atoms with van der Waals surface area (Å²) in [6.45, 7) is 7.20. The van der Waals surface area contributed by atoms with E-state index in [1.54, 1.807) is 0 Å². The molecular formula is C32H50O14. The SMILES string of the molecule is C=C1C[C@@]23CCC4[C@@](C)(CCC[C@@]4(C)C(=O)O)C2CC[C@]1(OOC1OC(CO)C(O)C(O)C1OC1OC(CO)C(O)C(O)C1O)C3. The first-order chi connectivity index (χ1) is 21.7. The van der Waals surface area contributed by atoms with Gasteiger partial charge in [0.25, 0.3) is 0 Å². The second kappa shape index (κ2) is 12.3. The summed E-state index contributed by atoms with van der Waals surface area (Å²) in [6.07, 6.45) is -9.03. The summed E-state index contributed by atoms with van der Waals surface area (Å²) in [5, 5.41) is 82.1. The molecule has 6 fully saturated rings. The van der Waals surface area contributed by atoms with Crippen LogP contribution in [-0.2, 0) is 28.8 Å². The molecule has 262 valence electrons. The zero-order valence-electron chi connectivity index (χ0n) is 26.4. The predicted molar refractivity (Wildman–Crippen MR) is 155 cm³/mol. The fraction of sp³-hybridized carbons (Fsp3) is 0.906. The van der Waals surface area contributed by atoms with Crippen LogP contribution in [0, 0.1) is 28.1 Å². The summed E-state index contributed by atoms with van der Waals surface area (Å²) < 4.78 is 17.0. The number of hydrogen-bond acceptors (Lipinski definition) is 13. The van der Waals surface area contributed by atoms with Crippen LogP contribution in [0.5, 0.6) is 0 Å².